The van der Waals surface area contributed by atoms with Crippen LogP contribution in [0.4, 0.5) is 0 Å². The first-order valence-electron chi connectivity index (χ1n) is 8.23. The highest BCUT2D eigenvalue weighted by atomic mass is 16.5. The quantitative estimate of drug-likeness (QED) is 0.894. The molecule has 2 heteroatoms. The van der Waals surface area contributed by atoms with Crippen molar-refractivity contribution in [3.63, 3.8) is 0 Å². The fraction of sp³-hybridized carbons (Fsp3) is 0.667. The molecule has 1 aromatic rings. The molecule has 0 radical (unpaired) electrons. The van der Waals surface area contributed by atoms with Gasteiger partial charge in [-0.25, -0.2) is 0 Å². The number of nitrogens with one attached hydrogen (secondary N) is 1. The van der Waals surface area contributed by atoms with Crippen molar-refractivity contribution in [3.05, 3.63) is 35.4 Å². The van der Waals surface area contributed by atoms with E-state index in [2.05, 4.69) is 36.6 Å². The number of hydrogen-bond donors (Lipinski definition) is 1. The Bertz CT molecular complexity index is 402. The summed E-state index contributed by atoms with van der Waals surface area (Å²) in [5.41, 5.74) is 2.97. The zero-order chi connectivity index (χ0) is 13.8. The van der Waals surface area contributed by atoms with Gasteiger partial charge >= 0.3 is 0 Å². The molecular weight excluding hydrogens is 246 g/mol. The Morgan fingerprint density at radius 2 is 1.80 bits per heavy atom. The lowest BCUT2D eigenvalue weighted by Gasteiger charge is -2.25. The van der Waals surface area contributed by atoms with Gasteiger partial charge in [-0.3, -0.25) is 0 Å². The second-order valence-electron chi connectivity index (χ2n) is 6.39. The summed E-state index contributed by atoms with van der Waals surface area (Å²) in [6.45, 7) is 1.82. The van der Waals surface area contributed by atoms with Gasteiger partial charge in [0, 0.05) is 18.6 Å². The van der Waals surface area contributed by atoms with Gasteiger partial charge in [0.15, 0.2) is 0 Å². The van der Waals surface area contributed by atoms with E-state index in [9.17, 15) is 0 Å². The number of rotatable bonds is 4. The molecule has 1 aliphatic carbocycles. The van der Waals surface area contributed by atoms with Gasteiger partial charge in [-0.05, 0) is 43.4 Å². The van der Waals surface area contributed by atoms with Crippen molar-refractivity contribution in [1.29, 1.82) is 0 Å². The minimum Gasteiger partial charge on any atom is -0.381 e. The van der Waals surface area contributed by atoms with Crippen LogP contribution in [0.25, 0.3) is 0 Å². The predicted octanol–water partition coefficient (Wildman–Crippen LogP) is 4.03. The van der Waals surface area contributed by atoms with Crippen molar-refractivity contribution >= 4 is 0 Å². The zero-order valence-electron chi connectivity index (χ0n) is 12.6. The molecule has 1 saturated carbocycles. The summed E-state index contributed by atoms with van der Waals surface area (Å²) < 4.78 is 5.54. The molecule has 2 aliphatic rings. The molecule has 1 N–H and O–H groups in total. The Morgan fingerprint density at radius 1 is 1.05 bits per heavy atom. The average Bonchev–Trinajstić information content (AvgIpc) is 3.04. The van der Waals surface area contributed by atoms with Crippen molar-refractivity contribution in [2.24, 2.45) is 5.92 Å². The van der Waals surface area contributed by atoms with Crippen LogP contribution in [0.2, 0.25) is 0 Å². The van der Waals surface area contributed by atoms with Crippen LogP contribution in [-0.4, -0.2) is 20.3 Å². The summed E-state index contributed by atoms with van der Waals surface area (Å²) in [7, 11) is 2.07. The third kappa shape index (κ3) is 3.07. The summed E-state index contributed by atoms with van der Waals surface area (Å²) in [6.07, 6.45) is 8.18. The second kappa shape index (κ2) is 6.73. The Hall–Kier alpha value is -0.860. The van der Waals surface area contributed by atoms with E-state index in [4.69, 9.17) is 4.74 Å². The SMILES string of the molecule is CNC(c1ccc(C2CCCCC2)cc1)C1CCOC1. The van der Waals surface area contributed by atoms with Crippen LogP contribution >= 0.6 is 0 Å². The molecule has 0 bridgehead atoms. The Morgan fingerprint density at radius 3 is 2.40 bits per heavy atom. The highest BCUT2D eigenvalue weighted by molar-refractivity contribution is 5.28. The fourth-order valence-electron chi connectivity index (χ4n) is 3.90. The Balaban J connectivity index is 1.70. The molecule has 1 aliphatic heterocycles. The molecule has 0 amide bonds. The lowest BCUT2D eigenvalue weighted by Crippen LogP contribution is -2.25. The van der Waals surface area contributed by atoms with Gasteiger partial charge < -0.3 is 10.1 Å². The third-order valence-corrected chi connectivity index (χ3v) is 5.12. The van der Waals surface area contributed by atoms with Gasteiger partial charge in [0.25, 0.3) is 0 Å². The van der Waals surface area contributed by atoms with E-state index >= 15 is 0 Å². The van der Waals surface area contributed by atoms with Crippen LogP contribution in [0.3, 0.4) is 0 Å². The number of ether oxygens (including phenoxy) is 1. The van der Waals surface area contributed by atoms with Crippen LogP contribution in [0, 0.1) is 5.92 Å². The molecule has 2 atom stereocenters. The minimum absolute atomic E-state index is 0.443. The van der Waals surface area contributed by atoms with Gasteiger partial charge in [0.2, 0.25) is 0 Å². The molecule has 0 aromatic heterocycles. The van der Waals surface area contributed by atoms with E-state index in [0.717, 1.165) is 19.1 Å². The van der Waals surface area contributed by atoms with E-state index in [1.807, 2.05) is 0 Å². The average molecular weight is 273 g/mol. The summed E-state index contributed by atoms with van der Waals surface area (Å²) in [5.74, 6) is 1.43. The first-order chi connectivity index (χ1) is 9.88. The normalized spacial score (nSPS) is 25.8. The maximum Gasteiger partial charge on any atom is 0.0513 e. The third-order valence-electron chi connectivity index (χ3n) is 5.12. The van der Waals surface area contributed by atoms with Gasteiger partial charge in [-0.1, -0.05) is 43.5 Å². The number of hydrogen-bond acceptors (Lipinski definition) is 2. The molecule has 110 valence electrons. The molecule has 1 aromatic carbocycles. The van der Waals surface area contributed by atoms with Gasteiger partial charge in [-0.2, -0.15) is 0 Å². The molecule has 2 nitrogen and oxygen atoms in total. The summed E-state index contributed by atoms with van der Waals surface area (Å²) >= 11 is 0. The minimum atomic E-state index is 0.443. The molecule has 20 heavy (non-hydrogen) atoms. The van der Waals surface area contributed by atoms with Crippen molar-refractivity contribution in [2.45, 2.75) is 50.5 Å². The van der Waals surface area contributed by atoms with Gasteiger partial charge in [0.05, 0.1) is 6.61 Å². The molecule has 1 heterocycles. The van der Waals surface area contributed by atoms with E-state index < -0.39 is 0 Å². The lowest BCUT2D eigenvalue weighted by molar-refractivity contribution is 0.178. The van der Waals surface area contributed by atoms with Gasteiger partial charge in [0.1, 0.15) is 0 Å². The second-order valence-corrected chi connectivity index (χ2v) is 6.39. The van der Waals surface area contributed by atoms with E-state index in [1.165, 1.54) is 44.1 Å². The van der Waals surface area contributed by atoms with Crippen molar-refractivity contribution in [3.8, 4) is 0 Å². The van der Waals surface area contributed by atoms with Gasteiger partial charge in [-0.15, -0.1) is 0 Å². The largest absolute Gasteiger partial charge is 0.381 e. The summed E-state index contributed by atoms with van der Waals surface area (Å²) in [4.78, 5) is 0. The Kier molecular flexibility index (Phi) is 4.74. The van der Waals surface area contributed by atoms with E-state index in [1.54, 1.807) is 5.56 Å². The van der Waals surface area contributed by atoms with Crippen molar-refractivity contribution in [1.82, 2.24) is 5.32 Å². The van der Waals surface area contributed by atoms with E-state index in [-0.39, 0.29) is 0 Å². The van der Waals surface area contributed by atoms with Crippen LogP contribution in [0.5, 0.6) is 0 Å². The Labute approximate surface area is 122 Å². The maximum absolute atomic E-state index is 5.54. The summed E-state index contributed by atoms with van der Waals surface area (Å²) in [6, 6.07) is 9.85. The number of benzene rings is 1. The van der Waals surface area contributed by atoms with Crippen molar-refractivity contribution < 1.29 is 4.74 Å². The smallest absolute Gasteiger partial charge is 0.0513 e. The van der Waals surface area contributed by atoms with E-state index in [0.29, 0.717) is 12.0 Å². The molecular formula is C18H27NO. The molecule has 0 spiro atoms. The fourth-order valence-corrected chi connectivity index (χ4v) is 3.90. The topological polar surface area (TPSA) is 21.3 Å². The van der Waals surface area contributed by atoms with Crippen LogP contribution < -0.4 is 5.32 Å². The zero-order valence-corrected chi connectivity index (χ0v) is 12.6. The maximum atomic E-state index is 5.54. The predicted molar refractivity (Wildman–Crippen MR) is 83.0 cm³/mol. The molecule has 2 unspecified atom stereocenters. The molecule has 1 saturated heterocycles. The van der Waals surface area contributed by atoms with Crippen molar-refractivity contribution in [2.75, 3.05) is 20.3 Å². The highest BCUT2D eigenvalue weighted by Gasteiger charge is 2.26. The molecule has 3 rings (SSSR count). The first-order valence-corrected chi connectivity index (χ1v) is 8.23. The van der Waals surface area contributed by atoms with Crippen LogP contribution in [-0.2, 0) is 4.74 Å². The standard InChI is InChI=1S/C18H27NO/c1-19-18(17-11-12-20-13-17)16-9-7-15(8-10-16)14-5-3-2-4-6-14/h7-10,14,17-19H,2-6,11-13H2,1H3. The first kappa shape index (κ1) is 14.1. The monoisotopic (exact) mass is 273 g/mol. The van der Waals surface area contributed by atoms with Crippen LogP contribution in [0.15, 0.2) is 24.3 Å². The van der Waals surface area contributed by atoms with Crippen LogP contribution in [0.1, 0.15) is 61.6 Å². The molecule has 2 fully saturated rings. The highest BCUT2D eigenvalue weighted by Crippen LogP contribution is 2.34. The lowest BCUT2D eigenvalue weighted by atomic mass is 9.83. The summed E-state index contributed by atoms with van der Waals surface area (Å²) in [5, 5.41) is 3.48.